The first-order valence-corrected chi connectivity index (χ1v) is 8.90. The molecule has 0 aliphatic carbocycles. The topological polar surface area (TPSA) is 67.6 Å². The summed E-state index contributed by atoms with van der Waals surface area (Å²) < 4.78 is 6.03. The lowest BCUT2D eigenvalue weighted by atomic mass is 10.0. The number of ether oxygens (including phenoxy) is 1. The largest absolute Gasteiger partial charge is 0.481 e. The van der Waals surface area contributed by atoms with Crippen molar-refractivity contribution in [3.05, 3.63) is 22.8 Å². The Hall–Kier alpha value is -1.75. The number of anilines is 1. The second-order valence-corrected chi connectivity index (χ2v) is 6.72. The van der Waals surface area contributed by atoms with Crippen molar-refractivity contribution in [2.75, 3.05) is 25.4 Å². The summed E-state index contributed by atoms with van der Waals surface area (Å²) in [6, 6.07) is 2.24. The smallest absolute Gasteiger partial charge is 0.263 e. The molecule has 1 heterocycles. The van der Waals surface area contributed by atoms with Gasteiger partial charge in [-0.25, -0.2) is 0 Å². The predicted molar refractivity (Wildman–Crippen MR) is 98.4 cm³/mol. The molecular formula is C19H31N3O2. The summed E-state index contributed by atoms with van der Waals surface area (Å²) in [5, 5.41) is 3.35. The van der Waals surface area contributed by atoms with Crippen LogP contribution in [0.4, 0.5) is 5.69 Å². The summed E-state index contributed by atoms with van der Waals surface area (Å²) in [7, 11) is 0. The van der Waals surface area contributed by atoms with E-state index in [1.54, 1.807) is 0 Å². The molecule has 1 fully saturated rings. The number of rotatable bonds is 5. The molecule has 1 aromatic rings. The van der Waals surface area contributed by atoms with Gasteiger partial charge in [0.1, 0.15) is 5.75 Å². The maximum atomic E-state index is 12.9. The molecule has 1 aliphatic heterocycles. The first-order chi connectivity index (χ1) is 11.4. The van der Waals surface area contributed by atoms with Crippen LogP contribution in [0.5, 0.6) is 5.75 Å². The van der Waals surface area contributed by atoms with Crippen LogP contribution in [0.3, 0.4) is 0 Å². The minimum atomic E-state index is -0.499. The molecule has 1 saturated heterocycles. The number of nitrogens with zero attached hydrogens (tertiary/aromatic N) is 1. The van der Waals surface area contributed by atoms with Crippen molar-refractivity contribution in [1.82, 2.24) is 10.2 Å². The number of hydrogen-bond donors (Lipinski definition) is 2. The van der Waals surface area contributed by atoms with Crippen molar-refractivity contribution in [2.24, 2.45) is 0 Å². The van der Waals surface area contributed by atoms with Gasteiger partial charge >= 0.3 is 0 Å². The van der Waals surface area contributed by atoms with Crippen molar-refractivity contribution >= 4 is 11.6 Å². The third-order valence-electron chi connectivity index (χ3n) is 5.13. The van der Waals surface area contributed by atoms with Gasteiger partial charge in [-0.1, -0.05) is 0 Å². The molecule has 5 heteroatoms. The van der Waals surface area contributed by atoms with Gasteiger partial charge < -0.3 is 20.7 Å². The second kappa shape index (κ2) is 7.88. The number of carbonyl (C=O) groups is 1. The lowest BCUT2D eigenvalue weighted by molar-refractivity contribution is -0.140. The highest BCUT2D eigenvalue weighted by atomic mass is 16.5. The monoisotopic (exact) mass is 333 g/mol. The molecule has 24 heavy (non-hydrogen) atoms. The van der Waals surface area contributed by atoms with Gasteiger partial charge in [0.05, 0.1) is 0 Å². The third kappa shape index (κ3) is 3.83. The summed E-state index contributed by atoms with van der Waals surface area (Å²) in [5.74, 6) is 0.817. The Morgan fingerprint density at radius 1 is 1.33 bits per heavy atom. The van der Waals surface area contributed by atoms with Gasteiger partial charge in [0.25, 0.3) is 5.91 Å². The highest BCUT2D eigenvalue weighted by molar-refractivity contribution is 5.81. The molecule has 0 radical (unpaired) electrons. The minimum Gasteiger partial charge on any atom is -0.481 e. The van der Waals surface area contributed by atoms with Crippen LogP contribution in [0.25, 0.3) is 0 Å². The van der Waals surface area contributed by atoms with E-state index in [4.69, 9.17) is 10.5 Å². The Morgan fingerprint density at radius 3 is 2.54 bits per heavy atom. The summed E-state index contributed by atoms with van der Waals surface area (Å²) in [6.07, 6.45) is 1.51. The molecule has 1 atom stereocenters. The van der Waals surface area contributed by atoms with Crippen LogP contribution in [0, 0.1) is 20.8 Å². The lowest BCUT2D eigenvalue weighted by Crippen LogP contribution is -2.50. The first-order valence-electron chi connectivity index (χ1n) is 8.90. The number of amides is 1. The molecule has 2 rings (SSSR count). The number of likely N-dealkylation sites (N-methyl/N-ethyl adjacent to an activating group) is 1. The van der Waals surface area contributed by atoms with Crippen molar-refractivity contribution in [3.63, 3.8) is 0 Å². The molecule has 1 unspecified atom stereocenters. The average Bonchev–Trinajstić information content (AvgIpc) is 2.59. The molecule has 0 spiro atoms. The summed E-state index contributed by atoms with van der Waals surface area (Å²) in [5.41, 5.74) is 9.88. The van der Waals surface area contributed by atoms with Crippen molar-refractivity contribution in [2.45, 2.75) is 59.6 Å². The number of carbonyl (C=O) groups excluding carboxylic acids is 1. The van der Waals surface area contributed by atoms with Gasteiger partial charge in [-0.2, -0.15) is 0 Å². The van der Waals surface area contributed by atoms with Crippen LogP contribution < -0.4 is 15.8 Å². The van der Waals surface area contributed by atoms with E-state index in [1.807, 2.05) is 45.6 Å². The maximum absolute atomic E-state index is 12.9. The number of hydrogen-bond acceptors (Lipinski definition) is 4. The molecular weight excluding hydrogens is 302 g/mol. The molecule has 1 aliphatic rings. The van der Waals surface area contributed by atoms with E-state index in [2.05, 4.69) is 5.32 Å². The normalized spacial score (nSPS) is 16.7. The SMILES string of the molecule is CCN(C(=O)C(C)Oc1cc(C)c(N)c(C)c1C)C1CCNCC1. The highest BCUT2D eigenvalue weighted by Crippen LogP contribution is 2.30. The molecule has 0 bridgehead atoms. The number of nitrogens with one attached hydrogen (secondary N) is 1. The van der Waals surface area contributed by atoms with Crippen LogP contribution >= 0.6 is 0 Å². The fourth-order valence-electron chi connectivity index (χ4n) is 3.37. The zero-order valence-corrected chi connectivity index (χ0v) is 15.6. The zero-order chi connectivity index (χ0) is 17.9. The molecule has 1 amide bonds. The second-order valence-electron chi connectivity index (χ2n) is 6.72. The van der Waals surface area contributed by atoms with E-state index in [9.17, 15) is 4.79 Å². The van der Waals surface area contributed by atoms with E-state index < -0.39 is 6.10 Å². The van der Waals surface area contributed by atoms with E-state index in [1.165, 1.54) is 0 Å². The van der Waals surface area contributed by atoms with Crippen molar-refractivity contribution in [1.29, 1.82) is 0 Å². The third-order valence-corrected chi connectivity index (χ3v) is 5.13. The minimum absolute atomic E-state index is 0.0657. The summed E-state index contributed by atoms with van der Waals surface area (Å²) >= 11 is 0. The highest BCUT2D eigenvalue weighted by Gasteiger charge is 2.28. The number of piperidine rings is 1. The zero-order valence-electron chi connectivity index (χ0n) is 15.6. The number of nitrogens with two attached hydrogens (primary N) is 1. The Morgan fingerprint density at radius 2 is 1.96 bits per heavy atom. The lowest BCUT2D eigenvalue weighted by Gasteiger charge is -2.35. The first kappa shape index (κ1) is 18.6. The molecule has 0 saturated carbocycles. The molecule has 134 valence electrons. The number of aryl methyl sites for hydroxylation is 1. The fourth-order valence-corrected chi connectivity index (χ4v) is 3.37. The fraction of sp³-hybridized carbons (Fsp3) is 0.632. The summed E-state index contributed by atoms with van der Waals surface area (Å²) in [6.45, 7) is 12.5. The van der Waals surface area contributed by atoms with Gasteiger partial charge in [-0.05, 0) is 83.3 Å². The van der Waals surface area contributed by atoms with Crippen molar-refractivity contribution < 1.29 is 9.53 Å². The predicted octanol–water partition coefficient (Wildman–Crippen LogP) is 2.56. The van der Waals surface area contributed by atoms with Crippen molar-refractivity contribution in [3.8, 4) is 5.75 Å². The van der Waals surface area contributed by atoms with Gasteiger partial charge in [0.15, 0.2) is 6.10 Å². The van der Waals surface area contributed by atoms with E-state index in [0.29, 0.717) is 6.04 Å². The van der Waals surface area contributed by atoms with E-state index >= 15 is 0 Å². The molecule has 0 aromatic heterocycles. The van der Waals surface area contributed by atoms with Crippen LogP contribution in [0.1, 0.15) is 43.4 Å². The Balaban J connectivity index is 2.13. The molecule has 1 aromatic carbocycles. The number of benzene rings is 1. The summed E-state index contributed by atoms with van der Waals surface area (Å²) in [4.78, 5) is 14.9. The Kier molecular flexibility index (Phi) is 6.10. The Bertz CT molecular complexity index is 595. The van der Waals surface area contributed by atoms with Gasteiger partial charge in [-0.3, -0.25) is 4.79 Å². The van der Waals surface area contributed by atoms with Gasteiger partial charge in [0, 0.05) is 18.3 Å². The molecule has 5 nitrogen and oxygen atoms in total. The maximum Gasteiger partial charge on any atom is 0.263 e. The average molecular weight is 333 g/mol. The van der Waals surface area contributed by atoms with Gasteiger partial charge in [0.2, 0.25) is 0 Å². The quantitative estimate of drug-likeness (QED) is 0.813. The van der Waals surface area contributed by atoms with Crippen LogP contribution in [-0.4, -0.2) is 42.6 Å². The standard InChI is InChI=1S/C19H31N3O2/c1-6-22(16-7-9-21-10-8-16)19(23)15(5)24-17-11-12(2)18(20)14(4)13(17)3/h11,15-16,21H,6-10,20H2,1-5H3. The van der Waals surface area contributed by atoms with Crippen LogP contribution in [-0.2, 0) is 4.79 Å². The van der Waals surface area contributed by atoms with E-state index in [0.717, 1.165) is 60.6 Å². The van der Waals surface area contributed by atoms with Crippen LogP contribution in [0.15, 0.2) is 6.07 Å². The van der Waals surface area contributed by atoms with Crippen LogP contribution in [0.2, 0.25) is 0 Å². The molecule has 3 N–H and O–H groups in total. The Labute approximate surface area is 145 Å². The van der Waals surface area contributed by atoms with Gasteiger partial charge in [-0.15, -0.1) is 0 Å². The number of nitrogen functional groups attached to an aromatic ring is 1. The van der Waals surface area contributed by atoms with E-state index in [-0.39, 0.29) is 5.91 Å².